The van der Waals surface area contributed by atoms with Crippen LogP contribution in [0.3, 0.4) is 0 Å². The minimum Gasteiger partial charge on any atom is -0.504 e. The first-order chi connectivity index (χ1) is 6.58. The second-order valence-corrected chi connectivity index (χ2v) is 3.63. The summed E-state index contributed by atoms with van der Waals surface area (Å²) < 4.78 is 18.1. The summed E-state index contributed by atoms with van der Waals surface area (Å²) in [6.45, 7) is 0. The van der Waals surface area contributed by atoms with Crippen molar-refractivity contribution in [2.24, 2.45) is 5.73 Å². The zero-order chi connectivity index (χ0) is 10.3. The van der Waals surface area contributed by atoms with Gasteiger partial charge in [-0.25, -0.2) is 0 Å². The summed E-state index contributed by atoms with van der Waals surface area (Å²) in [4.78, 5) is 0. The van der Waals surface area contributed by atoms with E-state index >= 15 is 0 Å². The van der Waals surface area contributed by atoms with Crippen molar-refractivity contribution in [2.45, 2.75) is 18.4 Å². The molecule has 14 heavy (non-hydrogen) atoms. The van der Waals surface area contributed by atoms with E-state index in [2.05, 4.69) is 0 Å². The number of aromatic hydroxyl groups is 1. The number of ether oxygens (including phenoxy) is 1. The molecule has 1 fully saturated rings. The third kappa shape index (κ3) is 1.23. The Morgan fingerprint density at radius 3 is 2.64 bits per heavy atom. The molecule has 0 heterocycles. The molecule has 0 spiro atoms. The molecule has 4 heteroatoms. The average Bonchev–Trinajstić information content (AvgIpc) is 2.89. The van der Waals surface area contributed by atoms with E-state index in [0.717, 1.165) is 12.8 Å². The van der Waals surface area contributed by atoms with Crippen LogP contribution in [-0.2, 0) is 5.54 Å². The fourth-order valence-corrected chi connectivity index (χ4v) is 1.51. The maximum atomic E-state index is 13.4. The number of halogens is 1. The Morgan fingerprint density at radius 2 is 2.14 bits per heavy atom. The number of rotatable bonds is 2. The van der Waals surface area contributed by atoms with E-state index in [4.69, 9.17) is 10.5 Å². The molecule has 0 atom stereocenters. The van der Waals surface area contributed by atoms with Crippen LogP contribution in [-0.4, -0.2) is 12.2 Å². The Labute approximate surface area is 81.3 Å². The number of benzene rings is 1. The Bertz CT molecular complexity index is 375. The second kappa shape index (κ2) is 2.85. The van der Waals surface area contributed by atoms with Crippen molar-refractivity contribution in [3.05, 3.63) is 23.5 Å². The zero-order valence-electron chi connectivity index (χ0n) is 7.88. The van der Waals surface area contributed by atoms with Crippen molar-refractivity contribution in [3.8, 4) is 11.5 Å². The van der Waals surface area contributed by atoms with Gasteiger partial charge in [-0.3, -0.25) is 0 Å². The lowest BCUT2D eigenvalue weighted by Crippen LogP contribution is -2.19. The van der Waals surface area contributed by atoms with Gasteiger partial charge in [-0.15, -0.1) is 0 Å². The fourth-order valence-electron chi connectivity index (χ4n) is 1.51. The Balaban J connectivity index is 2.49. The number of phenols is 1. The highest BCUT2D eigenvalue weighted by Gasteiger charge is 2.42. The van der Waals surface area contributed by atoms with Crippen molar-refractivity contribution in [2.75, 3.05) is 7.11 Å². The van der Waals surface area contributed by atoms with Crippen molar-refractivity contribution in [3.63, 3.8) is 0 Å². The smallest absolute Gasteiger partial charge is 0.206 e. The van der Waals surface area contributed by atoms with Gasteiger partial charge in [0.1, 0.15) is 0 Å². The van der Waals surface area contributed by atoms with E-state index in [9.17, 15) is 9.50 Å². The quantitative estimate of drug-likeness (QED) is 0.755. The minimum atomic E-state index is -0.735. The van der Waals surface area contributed by atoms with Crippen LogP contribution in [0, 0.1) is 5.82 Å². The predicted molar refractivity (Wildman–Crippen MR) is 49.7 cm³/mol. The molecule has 1 aliphatic carbocycles. The van der Waals surface area contributed by atoms with Gasteiger partial charge in [0.2, 0.25) is 5.82 Å². The molecule has 3 N–H and O–H groups in total. The molecule has 0 aromatic heterocycles. The maximum Gasteiger partial charge on any atom is 0.206 e. The molecule has 0 bridgehead atoms. The highest BCUT2D eigenvalue weighted by molar-refractivity contribution is 5.47. The van der Waals surface area contributed by atoms with Gasteiger partial charge in [0, 0.05) is 11.1 Å². The maximum absolute atomic E-state index is 13.4. The first-order valence-electron chi connectivity index (χ1n) is 4.43. The van der Waals surface area contributed by atoms with E-state index in [1.807, 2.05) is 0 Å². The van der Waals surface area contributed by atoms with Crippen LogP contribution in [0.5, 0.6) is 11.5 Å². The summed E-state index contributed by atoms with van der Waals surface area (Å²) in [5.74, 6) is -1.08. The molecule has 0 unspecified atom stereocenters. The van der Waals surface area contributed by atoms with Crippen LogP contribution < -0.4 is 10.5 Å². The molecule has 76 valence electrons. The van der Waals surface area contributed by atoms with Crippen molar-refractivity contribution in [1.82, 2.24) is 0 Å². The summed E-state index contributed by atoms with van der Waals surface area (Å²) in [7, 11) is 1.35. The van der Waals surface area contributed by atoms with Crippen molar-refractivity contribution in [1.29, 1.82) is 0 Å². The summed E-state index contributed by atoms with van der Waals surface area (Å²) in [6.07, 6.45) is 1.57. The SMILES string of the molecule is COc1ccc(C2(N)CC2)c(O)c1F. The summed E-state index contributed by atoms with van der Waals surface area (Å²) in [5.41, 5.74) is 5.80. The second-order valence-electron chi connectivity index (χ2n) is 3.63. The Hall–Kier alpha value is -1.29. The normalized spacial score (nSPS) is 17.9. The van der Waals surface area contributed by atoms with Crippen LogP contribution >= 0.6 is 0 Å². The Kier molecular flexibility index (Phi) is 1.89. The molecular formula is C10H12FNO2. The van der Waals surface area contributed by atoms with Crippen molar-refractivity contribution >= 4 is 0 Å². The third-order valence-corrected chi connectivity index (χ3v) is 2.63. The highest BCUT2D eigenvalue weighted by Crippen LogP contribution is 2.47. The van der Waals surface area contributed by atoms with Gasteiger partial charge in [0.25, 0.3) is 0 Å². The van der Waals surface area contributed by atoms with Crippen LogP contribution in [0.25, 0.3) is 0 Å². The number of nitrogens with two attached hydrogens (primary N) is 1. The standard InChI is InChI=1S/C10H12FNO2/c1-14-7-3-2-6(9(13)8(7)11)10(12)4-5-10/h2-3,13H,4-5,12H2,1H3. The molecule has 3 nitrogen and oxygen atoms in total. The summed E-state index contributed by atoms with van der Waals surface area (Å²) in [5, 5.41) is 9.55. The summed E-state index contributed by atoms with van der Waals surface area (Å²) in [6, 6.07) is 3.10. The van der Waals surface area contributed by atoms with Gasteiger partial charge in [-0.1, -0.05) is 0 Å². The van der Waals surface area contributed by atoms with E-state index in [-0.39, 0.29) is 11.5 Å². The average molecular weight is 197 g/mol. The molecule has 0 aliphatic heterocycles. The van der Waals surface area contributed by atoms with Crippen LogP contribution in [0.15, 0.2) is 12.1 Å². The van der Waals surface area contributed by atoms with Crippen LogP contribution in [0.2, 0.25) is 0 Å². The van der Waals surface area contributed by atoms with Gasteiger partial charge >= 0.3 is 0 Å². The molecule has 2 rings (SSSR count). The molecule has 0 saturated heterocycles. The van der Waals surface area contributed by atoms with Crippen LogP contribution in [0.1, 0.15) is 18.4 Å². The van der Waals surface area contributed by atoms with Gasteiger partial charge in [0.15, 0.2) is 11.5 Å². The topological polar surface area (TPSA) is 55.5 Å². The summed E-state index contributed by atoms with van der Waals surface area (Å²) >= 11 is 0. The lowest BCUT2D eigenvalue weighted by Gasteiger charge is -2.13. The largest absolute Gasteiger partial charge is 0.504 e. The molecule has 0 amide bonds. The molecule has 1 saturated carbocycles. The predicted octanol–water partition coefficient (Wildman–Crippen LogP) is 1.49. The zero-order valence-corrected chi connectivity index (χ0v) is 7.88. The molecule has 1 aromatic carbocycles. The fraction of sp³-hybridized carbons (Fsp3) is 0.400. The molecular weight excluding hydrogens is 185 g/mol. The number of phenolic OH excluding ortho intramolecular Hbond substituents is 1. The van der Waals surface area contributed by atoms with Gasteiger partial charge in [-0.05, 0) is 25.0 Å². The van der Waals surface area contributed by atoms with E-state index in [1.54, 1.807) is 6.07 Å². The molecule has 1 aliphatic rings. The van der Waals surface area contributed by atoms with Gasteiger partial charge < -0.3 is 15.6 Å². The van der Waals surface area contributed by atoms with E-state index in [1.165, 1.54) is 13.2 Å². The molecule has 0 radical (unpaired) electrons. The third-order valence-electron chi connectivity index (χ3n) is 2.63. The minimum absolute atomic E-state index is 0.0375. The highest BCUT2D eigenvalue weighted by atomic mass is 19.1. The number of methoxy groups -OCH3 is 1. The lowest BCUT2D eigenvalue weighted by atomic mass is 10.0. The number of hydrogen-bond donors (Lipinski definition) is 2. The first-order valence-corrected chi connectivity index (χ1v) is 4.43. The van der Waals surface area contributed by atoms with Gasteiger partial charge in [0.05, 0.1) is 7.11 Å². The van der Waals surface area contributed by atoms with Crippen LogP contribution in [0.4, 0.5) is 4.39 Å². The van der Waals surface area contributed by atoms with E-state index in [0.29, 0.717) is 5.56 Å². The van der Waals surface area contributed by atoms with Crippen molar-refractivity contribution < 1.29 is 14.2 Å². The monoisotopic (exact) mass is 197 g/mol. The number of hydrogen-bond acceptors (Lipinski definition) is 3. The lowest BCUT2D eigenvalue weighted by molar-refractivity contribution is 0.360. The van der Waals surface area contributed by atoms with E-state index < -0.39 is 11.4 Å². The Morgan fingerprint density at radius 1 is 1.50 bits per heavy atom. The van der Waals surface area contributed by atoms with Gasteiger partial charge in [-0.2, -0.15) is 4.39 Å². The molecule has 1 aromatic rings. The first kappa shape index (κ1) is 9.27.